The van der Waals surface area contributed by atoms with Crippen molar-refractivity contribution < 1.29 is 4.74 Å². The Morgan fingerprint density at radius 2 is 1.55 bits per heavy atom. The van der Waals surface area contributed by atoms with Crippen LogP contribution in [0.2, 0.25) is 0 Å². The Balaban J connectivity index is 1.61. The van der Waals surface area contributed by atoms with E-state index in [0.717, 1.165) is 18.1 Å². The zero-order chi connectivity index (χ0) is 22.0. The van der Waals surface area contributed by atoms with Gasteiger partial charge >= 0.3 is 0 Å². The summed E-state index contributed by atoms with van der Waals surface area (Å²) in [5, 5.41) is 6.10. The molecule has 7 rings (SSSR count). The van der Waals surface area contributed by atoms with Crippen molar-refractivity contribution in [2.75, 3.05) is 6.54 Å². The second kappa shape index (κ2) is 6.73. The first-order chi connectivity index (χ1) is 16.3. The van der Waals surface area contributed by atoms with Crippen LogP contribution in [0.3, 0.4) is 0 Å². The molecule has 3 aliphatic rings. The number of ether oxygens (including phenoxy) is 1. The van der Waals surface area contributed by atoms with E-state index in [9.17, 15) is 0 Å². The Morgan fingerprint density at radius 1 is 0.788 bits per heavy atom. The number of allylic oxidation sites excluding steroid dienone is 3. The molecule has 0 aromatic heterocycles. The minimum Gasteiger partial charge on any atom is -0.456 e. The van der Waals surface area contributed by atoms with Gasteiger partial charge in [-0.15, -0.1) is 0 Å². The van der Waals surface area contributed by atoms with Crippen LogP contribution < -0.4 is 10.1 Å². The normalized spacial score (nSPS) is 20.1. The van der Waals surface area contributed by atoms with Crippen LogP contribution in [-0.4, -0.2) is 6.54 Å². The highest BCUT2D eigenvalue weighted by molar-refractivity contribution is 6.10. The molecule has 0 saturated carbocycles. The molecule has 1 N–H and O–H groups in total. The maximum atomic E-state index is 6.89. The maximum Gasteiger partial charge on any atom is 0.140 e. The van der Waals surface area contributed by atoms with Gasteiger partial charge in [0.1, 0.15) is 11.5 Å². The lowest BCUT2D eigenvalue weighted by Crippen LogP contribution is -2.34. The van der Waals surface area contributed by atoms with Crippen molar-refractivity contribution in [2.24, 2.45) is 0 Å². The number of hydrogen-bond acceptors (Lipinski definition) is 2. The predicted octanol–water partition coefficient (Wildman–Crippen LogP) is 7.08. The van der Waals surface area contributed by atoms with Gasteiger partial charge in [-0.3, -0.25) is 0 Å². The smallest absolute Gasteiger partial charge is 0.140 e. The van der Waals surface area contributed by atoms with Crippen LogP contribution in [0.1, 0.15) is 23.6 Å². The van der Waals surface area contributed by atoms with Gasteiger partial charge in [-0.2, -0.15) is 0 Å². The molecule has 4 aromatic rings. The zero-order valence-corrected chi connectivity index (χ0v) is 18.4. The third-order valence-electron chi connectivity index (χ3n) is 7.35. The minimum atomic E-state index is -0.343. The molecule has 2 heteroatoms. The fourth-order valence-corrected chi connectivity index (χ4v) is 5.84. The molecule has 0 saturated heterocycles. The lowest BCUT2D eigenvalue weighted by molar-refractivity contribution is 0.520. The van der Waals surface area contributed by atoms with Crippen molar-refractivity contribution in [1.29, 1.82) is 0 Å². The summed E-state index contributed by atoms with van der Waals surface area (Å²) in [6, 6.07) is 30.3. The lowest BCUT2D eigenvalue weighted by Gasteiger charge is -2.34. The molecule has 0 amide bonds. The quantitative estimate of drug-likeness (QED) is 0.352. The molecule has 0 radical (unpaired) electrons. The number of benzene rings is 4. The summed E-state index contributed by atoms with van der Waals surface area (Å²) in [7, 11) is 0. The van der Waals surface area contributed by atoms with E-state index in [2.05, 4.69) is 115 Å². The molecule has 1 atom stereocenters. The molecular weight excluding hydrogens is 402 g/mol. The van der Waals surface area contributed by atoms with E-state index in [-0.39, 0.29) is 5.41 Å². The van der Waals surface area contributed by atoms with Gasteiger partial charge in [0.15, 0.2) is 0 Å². The van der Waals surface area contributed by atoms with Gasteiger partial charge in [0.05, 0.1) is 5.41 Å². The maximum absolute atomic E-state index is 6.89. The van der Waals surface area contributed by atoms with Gasteiger partial charge in [0.25, 0.3) is 0 Å². The largest absolute Gasteiger partial charge is 0.456 e. The van der Waals surface area contributed by atoms with E-state index in [0.29, 0.717) is 0 Å². The van der Waals surface area contributed by atoms with Gasteiger partial charge in [0, 0.05) is 28.9 Å². The summed E-state index contributed by atoms with van der Waals surface area (Å²) in [5.74, 6) is 1.88. The van der Waals surface area contributed by atoms with Crippen molar-refractivity contribution in [1.82, 2.24) is 5.32 Å². The third kappa shape index (κ3) is 2.44. The molecule has 2 nitrogen and oxygen atoms in total. The van der Waals surface area contributed by atoms with Crippen LogP contribution in [0.4, 0.5) is 0 Å². The van der Waals surface area contributed by atoms with Crippen molar-refractivity contribution in [2.45, 2.75) is 12.3 Å². The van der Waals surface area contributed by atoms with E-state index in [1.165, 1.54) is 49.9 Å². The van der Waals surface area contributed by atoms with E-state index < -0.39 is 0 Å². The summed E-state index contributed by atoms with van der Waals surface area (Å²) in [5.41, 5.74) is 8.17. The molecule has 33 heavy (non-hydrogen) atoms. The molecule has 1 unspecified atom stereocenters. The van der Waals surface area contributed by atoms with Crippen LogP contribution in [0.5, 0.6) is 5.75 Å². The second-order valence-electron chi connectivity index (χ2n) is 9.07. The molecule has 2 aliphatic heterocycles. The van der Waals surface area contributed by atoms with Crippen molar-refractivity contribution in [3.8, 4) is 16.9 Å². The fraction of sp³-hybridized carbons (Fsp3) is 0.0968. The first kappa shape index (κ1) is 18.5. The molecule has 1 aliphatic carbocycles. The zero-order valence-electron chi connectivity index (χ0n) is 18.4. The summed E-state index contributed by atoms with van der Waals surface area (Å²) < 4.78 is 6.89. The van der Waals surface area contributed by atoms with Crippen molar-refractivity contribution in [3.05, 3.63) is 126 Å². The number of rotatable bonds is 1. The number of fused-ring (bicyclic) bond motifs is 8. The Morgan fingerprint density at radius 3 is 2.39 bits per heavy atom. The summed E-state index contributed by atoms with van der Waals surface area (Å²) >= 11 is 0. The number of hydrogen-bond donors (Lipinski definition) is 1. The Hall–Kier alpha value is -4.04. The first-order valence-electron chi connectivity index (χ1n) is 11.5. The molecule has 0 bridgehead atoms. The van der Waals surface area contributed by atoms with Gasteiger partial charge in [0.2, 0.25) is 0 Å². The second-order valence-corrected chi connectivity index (χ2v) is 9.07. The summed E-state index contributed by atoms with van der Waals surface area (Å²) in [6.07, 6.45) is 6.53. The monoisotopic (exact) mass is 425 g/mol. The summed E-state index contributed by atoms with van der Waals surface area (Å²) in [6.45, 7) is 3.17. The topological polar surface area (TPSA) is 21.3 Å². The molecule has 0 fully saturated rings. The van der Waals surface area contributed by atoms with Gasteiger partial charge in [-0.1, -0.05) is 91.0 Å². The number of nitrogens with one attached hydrogen (secondary N) is 1. The van der Waals surface area contributed by atoms with Gasteiger partial charge in [-0.25, -0.2) is 0 Å². The van der Waals surface area contributed by atoms with Gasteiger partial charge < -0.3 is 10.1 Å². The van der Waals surface area contributed by atoms with E-state index in [1.54, 1.807) is 0 Å². The average Bonchev–Trinajstić information content (AvgIpc) is 3.03. The van der Waals surface area contributed by atoms with Crippen molar-refractivity contribution in [3.63, 3.8) is 0 Å². The minimum absolute atomic E-state index is 0.343. The number of dihydropyridines is 1. The molecule has 2 heterocycles. The molecule has 0 spiro atoms. The molecule has 4 aromatic carbocycles. The Labute approximate surface area is 193 Å². The predicted molar refractivity (Wildman–Crippen MR) is 136 cm³/mol. The van der Waals surface area contributed by atoms with Crippen LogP contribution in [-0.2, 0) is 5.41 Å². The summed E-state index contributed by atoms with van der Waals surface area (Å²) in [4.78, 5) is 0. The third-order valence-corrected chi connectivity index (χ3v) is 7.35. The van der Waals surface area contributed by atoms with E-state index in [4.69, 9.17) is 4.74 Å². The SMILES string of the molecule is CC1(C2=CC=CCN2)C2=C(Oc3ccc4ccccc4c3-c3ccccc32)c2ccccc21. The Bertz CT molecular complexity index is 1550. The highest BCUT2D eigenvalue weighted by Crippen LogP contribution is 2.58. The van der Waals surface area contributed by atoms with Gasteiger partial charge in [-0.05, 0) is 46.5 Å². The average molecular weight is 426 g/mol. The fourth-order valence-electron chi connectivity index (χ4n) is 5.84. The van der Waals surface area contributed by atoms with Crippen LogP contribution in [0, 0.1) is 0 Å². The standard InChI is InChI=1S/C31H23NO/c1-31(27-16-8-9-19-32-27)25-15-7-6-14-24(25)30-29(31)23-13-5-4-12-22(23)28-21-11-3-2-10-20(21)17-18-26(28)33-30/h2-18,32H,19H2,1H3. The lowest BCUT2D eigenvalue weighted by atomic mass is 9.72. The van der Waals surface area contributed by atoms with E-state index >= 15 is 0 Å². The first-order valence-corrected chi connectivity index (χ1v) is 11.5. The van der Waals surface area contributed by atoms with Crippen molar-refractivity contribution >= 4 is 22.1 Å². The molecular formula is C31H23NO. The highest BCUT2D eigenvalue weighted by atomic mass is 16.5. The van der Waals surface area contributed by atoms with E-state index in [1.807, 2.05) is 0 Å². The molecule has 158 valence electrons. The van der Waals surface area contributed by atoms with Crippen LogP contribution >= 0.6 is 0 Å². The Kier molecular flexibility index (Phi) is 3.78. The van der Waals surface area contributed by atoms with Crippen LogP contribution in [0.15, 0.2) is 109 Å². The highest BCUT2D eigenvalue weighted by Gasteiger charge is 2.47. The van der Waals surface area contributed by atoms with Crippen LogP contribution in [0.25, 0.3) is 33.2 Å².